The van der Waals surface area contributed by atoms with Crippen LogP contribution >= 0.6 is 0 Å². The van der Waals surface area contributed by atoms with Crippen LogP contribution in [0.5, 0.6) is 0 Å². The quantitative estimate of drug-likeness (QED) is 0.797. The smallest absolute Gasteiger partial charge is 0.337 e. The Labute approximate surface area is 130 Å². The van der Waals surface area contributed by atoms with Crippen LogP contribution in [-0.2, 0) is 20.9 Å². The van der Waals surface area contributed by atoms with Crippen LogP contribution in [0.3, 0.4) is 0 Å². The summed E-state index contributed by atoms with van der Waals surface area (Å²) in [4.78, 5) is 28.2. The van der Waals surface area contributed by atoms with Crippen LogP contribution < -0.4 is 0 Å². The van der Waals surface area contributed by atoms with Gasteiger partial charge in [0.05, 0.1) is 12.2 Å². The van der Waals surface area contributed by atoms with E-state index in [1.54, 1.807) is 11.8 Å². The molecule has 2 heterocycles. The Morgan fingerprint density at radius 1 is 1.18 bits per heavy atom. The topological polar surface area (TPSA) is 49.9 Å². The highest BCUT2D eigenvalue weighted by molar-refractivity contribution is 5.93. The van der Waals surface area contributed by atoms with Gasteiger partial charge in [-0.1, -0.05) is 30.3 Å². The second-order valence-corrected chi connectivity index (χ2v) is 5.48. The van der Waals surface area contributed by atoms with Gasteiger partial charge in [-0.05, 0) is 18.9 Å². The van der Waals surface area contributed by atoms with Crippen molar-refractivity contribution in [1.29, 1.82) is 0 Å². The van der Waals surface area contributed by atoms with Gasteiger partial charge in [-0.2, -0.15) is 0 Å². The third-order valence-corrected chi connectivity index (χ3v) is 4.05. The number of hydrogen-bond donors (Lipinski definition) is 0. The molecule has 1 aromatic carbocycles. The van der Waals surface area contributed by atoms with E-state index in [-0.39, 0.29) is 11.9 Å². The fourth-order valence-corrected chi connectivity index (χ4v) is 3.05. The van der Waals surface area contributed by atoms with Crippen LogP contribution in [0.2, 0.25) is 0 Å². The highest BCUT2D eigenvalue weighted by atomic mass is 16.5. The molecule has 0 radical (unpaired) electrons. The maximum Gasteiger partial charge on any atom is 0.337 e. The van der Waals surface area contributed by atoms with Gasteiger partial charge in [-0.15, -0.1) is 0 Å². The normalized spacial score (nSPS) is 17.8. The minimum Gasteiger partial charge on any atom is -0.463 e. The number of amides is 1. The molecule has 0 bridgehead atoms. The van der Waals surface area contributed by atoms with Gasteiger partial charge in [-0.3, -0.25) is 9.69 Å². The first kappa shape index (κ1) is 14.6. The molecule has 1 saturated heterocycles. The molecule has 1 fully saturated rings. The number of esters is 1. The molecule has 116 valence electrons. The van der Waals surface area contributed by atoms with Crippen molar-refractivity contribution in [3.63, 3.8) is 0 Å². The minimum absolute atomic E-state index is 0.0959. The third-order valence-electron chi connectivity index (χ3n) is 4.05. The number of nitrogens with zero attached hydrogens (tertiary/aromatic N) is 2. The number of carbonyl (C=O) groups is 2. The lowest BCUT2D eigenvalue weighted by Crippen LogP contribution is -2.35. The molecule has 0 atom stereocenters. The molecule has 0 saturated carbocycles. The van der Waals surface area contributed by atoms with Gasteiger partial charge in [0, 0.05) is 26.1 Å². The lowest BCUT2D eigenvalue weighted by atomic mass is 10.1. The predicted octanol–water partition coefficient (Wildman–Crippen LogP) is 1.90. The molecule has 2 aliphatic rings. The average molecular weight is 300 g/mol. The Kier molecular flexibility index (Phi) is 4.13. The van der Waals surface area contributed by atoms with E-state index in [0.717, 1.165) is 17.9 Å². The Bertz CT molecular complexity index is 610. The Balaban J connectivity index is 1.91. The minimum atomic E-state index is -0.296. The maximum absolute atomic E-state index is 12.2. The molecule has 22 heavy (non-hydrogen) atoms. The summed E-state index contributed by atoms with van der Waals surface area (Å²) in [6, 6.07) is 10.1. The molecule has 0 N–H and O–H groups in total. The van der Waals surface area contributed by atoms with Crippen LogP contribution in [0.4, 0.5) is 0 Å². The lowest BCUT2D eigenvalue weighted by Gasteiger charge is -2.29. The first-order valence-electron chi connectivity index (χ1n) is 7.70. The molecule has 0 spiro atoms. The molecule has 0 unspecified atom stereocenters. The number of rotatable bonds is 4. The Morgan fingerprint density at radius 2 is 1.95 bits per heavy atom. The van der Waals surface area contributed by atoms with Crippen LogP contribution in [0.15, 0.2) is 41.7 Å². The summed E-state index contributed by atoms with van der Waals surface area (Å²) in [5.41, 5.74) is 1.80. The monoisotopic (exact) mass is 300 g/mol. The van der Waals surface area contributed by atoms with E-state index in [9.17, 15) is 9.59 Å². The van der Waals surface area contributed by atoms with Crippen molar-refractivity contribution in [3.05, 3.63) is 47.3 Å². The summed E-state index contributed by atoms with van der Waals surface area (Å²) < 4.78 is 5.16. The van der Waals surface area contributed by atoms with Crippen molar-refractivity contribution in [2.75, 3.05) is 19.7 Å². The Hall–Kier alpha value is -2.30. The van der Waals surface area contributed by atoms with E-state index in [2.05, 4.69) is 17.0 Å². The van der Waals surface area contributed by atoms with Crippen molar-refractivity contribution >= 4 is 11.9 Å². The summed E-state index contributed by atoms with van der Waals surface area (Å²) in [7, 11) is 0. The largest absolute Gasteiger partial charge is 0.463 e. The highest BCUT2D eigenvalue weighted by Gasteiger charge is 2.37. The van der Waals surface area contributed by atoms with Crippen molar-refractivity contribution in [2.24, 2.45) is 0 Å². The SMILES string of the molecule is CCOC(=O)C1=C2N(Cc3ccccc3)CCN2C(=O)CC1. The maximum atomic E-state index is 12.2. The van der Waals surface area contributed by atoms with Crippen molar-refractivity contribution in [2.45, 2.75) is 26.3 Å². The van der Waals surface area contributed by atoms with Crippen molar-refractivity contribution in [3.8, 4) is 0 Å². The van der Waals surface area contributed by atoms with Crippen molar-refractivity contribution in [1.82, 2.24) is 9.80 Å². The first-order valence-corrected chi connectivity index (χ1v) is 7.70. The summed E-state index contributed by atoms with van der Waals surface area (Å²) in [6.07, 6.45) is 0.853. The summed E-state index contributed by atoms with van der Waals surface area (Å²) in [6.45, 7) is 4.24. The van der Waals surface area contributed by atoms with Gasteiger partial charge in [0.2, 0.25) is 5.91 Å². The van der Waals surface area contributed by atoms with Gasteiger partial charge >= 0.3 is 5.97 Å². The second kappa shape index (κ2) is 6.22. The number of hydrogen-bond acceptors (Lipinski definition) is 4. The zero-order chi connectivity index (χ0) is 15.5. The molecule has 0 aliphatic carbocycles. The average Bonchev–Trinajstić information content (AvgIpc) is 2.94. The zero-order valence-electron chi connectivity index (χ0n) is 12.7. The number of fused-ring (bicyclic) bond motifs is 1. The van der Waals surface area contributed by atoms with Crippen LogP contribution in [-0.4, -0.2) is 41.4 Å². The number of carbonyl (C=O) groups excluding carboxylic acids is 2. The number of ether oxygens (including phenoxy) is 1. The van der Waals surface area contributed by atoms with Gasteiger partial charge in [0.25, 0.3) is 0 Å². The lowest BCUT2D eigenvalue weighted by molar-refractivity contribution is -0.139. The molecule has 5 heteroatoms. The molecule has 0 aromatic heterocycles. The predicted molar refractivity (Wildman–Crippen MR) is 81.5 cm³/mol. The molecular weight excluding hydrogens is 280 g/mol. The van der Waals surface area contributed by atoms with E-state index in [1.807, 2.05) is 18.2 Å². The van der Waals surface area contributed by atoms with Crippen LogP contribution in [0.1, 0.15) is 25.3 Å². The highest BCUT2D eigenvalue weighted by Crippen LogP contribution is 2.32. The molecule has 2 aliphatic heterocycles. The molecule has 3 rings (SSSR count). The summed E-state index contributed by atoms with van der Waals surface area (Å²) >= 11 is 0. The molecule has 5 nitrogen and oxygen atoms in total. The van der Waals surface area contributed by atoms with E-state index in [0.29, 0.717) is 38.1 Å². The van der Waals surface area contributed by atoms with Gasteiger partial charge in [-0.25, -0.2) is 4.79 Å². The second-order valence-electron chi connectivity index (χ2n) is 5.48. The summed E-state index contributed by atoms with van der Waals surface area (Å²) in [5, 5.41) is 0. The van der Waals surface area contributed by atoms with E-state index >= 15 is 0 Å². The van der Waals surface area contributed by atoms with Crippen LogP contribution in [0, 0.1) is 0 Å². The van der Waals surface area contributed by atoms with Gasteiger partial charge < -0.3 is 9.64 Å². The number of benzene rings is 1. The van der Waals surface area contributed by atoms with E-state index in [1.165, 1.54) is 0 Å². The third kappa shape index (κ3) is 2.71. The van der Waals surface area contributed by atoms with E-state index in [4.69, 9.17) is 4.74 Å². The van der Waals surface area contributed by atoms with Crippen LogP contribution in [0.25, 0.3) is 0 Å². The molecule has 1 amide bonds. The molecule has 1 aromatic rings. The van der Waals surface area contributed by atoms with Gasteiger partial charge in [0.15, 0.2) is 0 Å². The van der Waals surface area contributed by atoms with Gasteiger partial charge in [0.1, 0.15) is 5.82 Å². The standard InChI is InChI=1S/C17H20N2O3/c1-2-22-17(21)14-8-9-15(20)19-11-10-18(16(14)19)12-13-6-4-3-5-7-13/h3-7H,2,8-12H2,1H3. The summed E-state index contributed by atoms with van der Waals surface area (Å²) in [5.74, 6) is 0.548. The molecular formula is C17H20N2O3. The van der Waals surface area contributed by atoms with Crippen molar-refractivity contribution < 1.29 is 14.3 Å². The fraction of sp³-hybridized carbons (Fsp3) is 0.412. The fourth-order valence-electron chi connectivity index (χ4n) is 3.05. The first-order chi connectivity index (χ1) is 10.7. The Morgan fingerprint density at radius 3 is 2.68 bits per heavy atom. The zero-order valence-corrected chi connectivity index (χ0v) is 12.7. The van der Waals surface area contributed by atoms with E-state index < -0.39 is 0 Å².